The van der Waals surface area contributed by atoms with Gasteiger partial charge in [0.25, 0.3) is 5.91 Å². The molecule has 0 bridgehead atoms. The minimum absolute atomic E-state index is 0.181. The summed E-state index contributed by atoms with van der Waals surface area (Å²) in [5.74, 6) is 0.263. The fourth-order valence-corrected chi connectivity index (χ4v) is 4.18. The number of rotatable bonds is 7. The van der Waals surface area contributed by atoms with Crippen LogP contribution >= 0.6 is 15.9 Å². The Morgan fingerprint density at radius 1 is 1.10 bits per heavy atom. The minimum Gasteiger partial charge on any atom is -0.427 e. The molecule has 0 radical (unpaired) electrons. The second-order valence-corrected chi connectivity index (χ2v) is 8.60. The summed E-state index contributed by atoms with van der Waals surface area (Å²) in [4.78, 5) is 38.0. The van der Waals surface area contributed by atoms with Gasteiger partial charge in [-0.05, 0) is 55.0 Å². The van der Waals surface area contributed by atoms with Gasteiger partial charge >= 0.3 is 5.97 Å². The average molecular weight is 487 g/mol. The predicted octanol–water partition coefficient (Wildman–Crippen LogP) is 3.98. The van der Waals surface area contributed by atoms with Crippen LogP contribution in [0.4, 0.5) is 0 Å². The monoisotopic (exact) mass is 486 g/mol. The molecule has 0 atom stereocenters. The van der Waals surface area contributed by atoms with Crippen LogP contribution in [0.2, 0.25) is 0 Å². The number of hydrogen-bond acceptors (Lipinski definition) is 4. The zero-order valence-electron chi connectivity index (χ0n) is 17.6. The molecule has 0 saturated carbocycles. The van der Waals surface area contributed by atoms with E-state index in [0.29, 0.717) is 30.2 Å². The number of carbonyl (C=O) groups excluding carboxylic acids is 3. The van der Waals surface area contributed by atoms with Gasteiger partial charge in [-0.2, -0.15) is 0 Å². The first-order valence-electron chi connectivity index (χ1n) is 10.5. The summed E-state index contributed by atoms with van der Waals surface area (Å²) in [6, 6.07) is 14.6. The lowest BCUT2D eigenvalue weighted by Gasteiger charge is -2.32. The summed E-state index contributed by atoms with van der Waals surface area (Å²) in [7, 11) is 0. The smallest absolute Gasteiger partial charge is 0.308 e. The van der Waals surface area contributed by atoms with Crippen LogP contribution in [0.25, 0.3) is 0 Å². The van der Waals surface area contributed by atoms with Gasteiger partial charge in [-0.1, -0.05) is 40.2 Å². The third kappa shape index (κ3) is 6.92. The molecule has 0 unspecified atom stereocenters. The number of carbonyl (C=O) groups is 3. The van der Waals surface area contributed by atoms with Crippen molar-refractivity contribution in [3.63, 3.8) is 0 Å². The molecule has 2 amide bonds. The number of aryl methyl sites for hydroxylation is 1. The summed E-state index contributed by atoms with van der Waals surface area (Å²) >= 11 is 3.53. The van der Waals surface area contributed by atoms with E-state index in [-0.39, 0.29) is 11.8 Å². The van der Waals surface area contributed by atoms with Crippen molar-refractivity contribution in [2.75, 3.05) is 19.6 Å². The third-order valence-corrected chi connectivity index (χ3v) is 6.22. The predicted molar refractivity (Wildman–Crippen MR) is 122 cm³/mol. The number of piperidine rings is 1. The van der Waals surface area contributed by atoms with E-state index in [1.165, 1.54) is 6.92 Å². The van der Waals surface area contributed by atoms with Crippen LogP contribution in [-0.4, -0.2) is 42.3 Å². The molecule has 3 rings (SSSR count). The van der Waals surface area contributed by atoms with Gasteiger partial charge in [0, 0.05) is 43.0 Å². The molecule has 0 aromatic heterocycles. The molecular formula is C24H27BrN2O4. The third-order valence-electron chi connectivity index (χ3n) is 5.44. The van der Waals surface area contributed by atoms with Gasteiger partial charge < -0.3 is 15.0 Å². The van der Waals surface area contributed by atoms with Crippen LogP contribution in [-0.2, 0) is 16.0 Å². The first kappa shape index (κ1) is 23.0. The molecule has 1 aliphatic rings. The lowest BCUT2D eigenvalue weighted by atomic mass is 9.96. The zero-order chi connectivity index (χ0) is 22.2. The Labute approximate surface area is 191 Å². The van der Waals surface area contributed by atoms with E-state index in [1.807, 2.05) is 29.2 Å². The number of ether oxygens (including phenoxy) is 1. The summed E-state index contributed by atoms with van der Waals surface area (Å²) in [5, 5.41) is 2.96. The number of amides is 2. The van der Waals surface area contributed by atoms with Crippen molar-refractivity contribution in [1.29, 1.82) is 0 Å². The van der Waals surface area contributed by atoms with Gasteiger partial charge in [0.15, 0.2) is 0 Å². The molecule has 0 spiro atoms. The van der Waals surface area contributed by atoms with E-state index in [0.717, 1.165) is 42.4 Å². The largest absolute Gasteiger partial charge is 0.427 e. The number of halogens is 1. The Bertz CT molecular complexity index is 939. The van der Waals surface area contributed by atoms with E-state index in [2.05, 4.69) is 21.2 Å². The van der Waals surface area contributed by atoms with Crippen LogP contribution in [0.5, 0.6) is 5.75 Å². The molecule has 1 aliphatic heterocycles. The van der Waals surface area contributed by atoms with Crippen molar-refractivity contribution in [2.45, 2.75) is 32.6 Å². The summed E-state index contributed by atoms with van der Waals surface area (Å²) < 4.78 is 6.07. The van der Waals surface area contributed by atoms with Crippen molar-refractivity contribution >= 4 is 33.7 Å². The average Bonchev–Trinajstić information content (AvgIpc) is 2.77. The molecule has 6 nitrogen and oxygen atoms in total. The SMILES string of the molecule is CC(=O)Oc1cccc(C(=O)NCC2CCN(C(=O)CCc3ccccc3Br)CC2)c1. The van der Waals surface area contributed by atoms with Crippen molar-refractivity contribution < 1.29 is 19.1 Å². The number of likely N-dealkylation sites (tertiary alicyclic amines) is 1. The molecule has 1 saturated heterocycles. The molecule has 2 aromatic rings. The lowest BCUT2D eigenvalue weighted by molar-refractivity contribution is -0.133. The highest BCUT2D eigenvalue weighted by Gasteiger charge is 2.23. The van der Waals surface area contributed by atoms with E-state index in [4.69, 9.17) is 4.74 Å². The molecule has 1 N–H and O–H groups in total. The van der Waals surface area contributed by atoms with Crippen molar-refractivity contribution in [3.05, 3.63) is 64.1 Å². The Hall–Kier alpha value is -2.67. The van der Waals surface area contributed by atoms with Crippen LogP contribution < -0.4 is 10.1 Å². The second kappa shape index (κ2) is 11.1. The number of esters is 1. The van der Waals surface area contributed by atoms with E-state index < -0.39 is 5.97 Å². The maximum atomic E-state index is 12.6. The molecular weight excluding hydrogens is 460 g/mol. The molecule has 31 heavy (non-hydrogen) atoms. The number of nitrogens with zero attached hydrogens (tertiary/aromatic N) is 1. The first-order chi connectivity index (χ1) is 14.9. The summed E-state index contributed by atoms with van der Waals surface area (Å²) in [6.45, 7) is 3.33. The number of hydrogen-bond donors (Lipinski definition) is 1. The summed E-state index contributed by atoms with van der Waals surface area (Å²) in [5.41, 5.74) is 1.60. The fraction of sp³-hybridized carbons (Fsp3) is 0.375. The topological polar surface area (TPSA) is 75.7 Å². The molecule has 164 valence electrons. The normalized spacial score (nSPS) is 14.2. The molecule has 7 heteroatoms. The van der Waals surface area contributed by atoms with E-state index >= 15 is 0 Å². The Kier molecular flexibility index (Phi) is 8.23. The van der Waals surface area contributed by atoms with Gasteiger partial charge in [0.2, 0.25) is 5.91 Å². The number of benzene rings is 2. The highest BCUT2D eigenvalue weighted by Crippen LogP contribution is 2.21. The molecule has 0 aliphatic carbocycles. The summed E-state index contributed by atoms with van der Waals surface area (Å²) in [6.07, 6.45) is 2.97. The van der Waals surface area contributed by atoms with Gasteiger partial charge in [0.1, 0.15) is 5.75 Å². The Morgan fingerprint density at radius 2 is 1.84 bits per heavy atom. The van der Waals surface area contributed by atoms with Crippen LogP contribution in [0.15, 0.2) is 53.0 Å². The van der Waals surface area contributed by atoms with E-state index in [9.17, 15) is 14.4 Å². The highest BCUT2D eigenvalue weighted by atomic mass is 79.9. The number of nitrogens with one attached hydrogen (secondary N) is 1. The van der Waals surface area contributed by atoms with Crippen LogP contribution in [0.1, 0.15) is 42.1 Å². The van der Waals surface area contributed by atoms with Gasteiger partial charge in [-0.25, -0.2) is 0 Å². The zero-order valence-corrected chi connectivity index (χ0v) is 19.2. The molecule has 2 aromatic carbocycles. The van der Waals surface area contributed by atoms with Gasteiger partial charge in [-0.15, -0.1) is 0 Å². The second-order valence-electron chi connectivity index (χ2n) is 7.75. The molecule has 1 heterocycles. The maximum Gasteiger partial charge on any atom is 0.308 e. The first-order valence-corrected chi connectivity index (χ1v) is 11.3. The Morgan fingerprint density at radius 3 is 2.55 bits per heavy atom. The highest BCUT2D eigenvalue weighted by molar-refractivity contribution is 9.10. The maximum absolute atomic E-state index is 12.6. The molecule has 1 fully saturated rings. The van der Waals surface area contributed by atoms with Gasteiger partial charge in [0.05, 0.1) is 0 Å². The van der Waals surface area contributed by atoms with Crippen molar-refractivity contribution in [3.8, 4) is 5.75 Å². The Balaban J connectivity index is 1.41. The van der Waals surface area contributed by atoms with Crippen molar-refractivity contribution in [1.82, 2.24) is 10.2 Å². The lowest BCUT2D eigenvalue weighted by Crippen LogP contribution is -2.41. The van der Waals surface area contributed by atoms with E-state index in [1.54, 1.807) is 24.3 Å². The van der Waals surface area contributed by atoms with Crippen LogP contribution in [0, 0.1) is 5.92 Å². The van der Waals surface area contributed by atoms with Crippen LogP contribution in [0.3, 0.4) is 0 Å². The van der Waals surface area contributed by atoms with Crippen molar-refractivity contribution in [2.24, 2.45) is 5.92 Å². The van der Waals surface area contributed by atoms with Gasteiger partial charge in [-0.3, -0.25) is 14.4 Å². The fourth-order valence-electron chi connectivity index (χ4n) is 3.69. The quantitative estimate of drug-likeness (QED) is 0.474. The standard InChI is InChI=1S/C24H27BrN2O4/c1-17(28)31-21-7-4-6-20(15-21)24(30)26-16-18-11-13-27(14-12-18)23(29)10-9-19-5-2-3-8-22(19)25/h2-8,15,18H,9-14,16H2,1H3,(H,26,30). The minimum atomic E-state index is -0.421.